The van der Waals surface area contributed by atoms with E-state index < -0.39 is 5.56 Å². The van der Waals surface area contributed by atoms with E-state index in [0.717, 1.165) is 0 Å². The fourth-order valence-corrected chi connectivity index (χ4v) is 3.08. The maximum absolute atomic E-state index is 13.0. The Labute approximate surface area is 158 Å². The lowest BCUT2D eigenvalue weighted by atomic mass is 10.2. The number of nitriles is 1. The van der Waals surface area contributed by atoms with E-state index in [4.69, 9.17) is 9.47 Å². The van der Waals surface area contributed by atoms with Crippen LogP contribution in [0.4, 0.5) is 0 Å². The largest absolute Gasteiger partial charge is 0.497 e. The fraction of sp³-hybridized carbons (Fsp3) is 0.100. The highest BCUT2D eigenvalue weighted by atomic mass is 16.5. The van der Waals surface area contributed by atoms with Crippen molar-refractivity contribution in [1.82, 2.24) is 14.0 Å². The Hall–Kier alpha value is -4.12. The summed E-state index contributed by atoms with van der Waals surface area (Å²) in [4.78, 5) is 30.4. The first-order valence-corrected chi connectivity index (χ1v) is 8.28. The zero-order valence-electron chi connectivity index (χ0n) is 15.0. The summed E-state index contributed by atoms with van der Waals surface area (Å²) in [6.45, 7) is 0. The number of ether oxygens (including phenoxy) is 2. The van der Waals surface area contributed by atoms with Crippen molar-refractivity contribution in [2.75, 3.05) is 14.2 Å². The molecule has 138 valence electrons. The van der Waals surface area contributed by atoms with Crippen molar-refractivity contribution in [1.29, 1.82) is 5.26 Å². The lowest BCUT2D eigenvalue weighted by molar-refractivity contribution is 0.393. The van der Waals surface area contributed by atoms with Crippen molar-refractivity contribution in [2.24, 2.45) is 0 Å². The summed E-state index contributed by atoms with van der Waals surface area (Å²) >= 11 is 0. The Balaban J connectivity index is 2.23. The lowest BCUT2D eigenvalue weighted by Crippen LogP contribution is -2.26. The Morgan fingerprint density at radius 1 is 1.04 bits per heavy atom. The fourth-order valence-electron chi connectivity index (χ4n) is 3.08. The van der Waals surface area contributed by atoms with E-state index in [0.29, 0.717) is 22.8 Å². The van der Waals surface area contributed by atoms with Crippen molar-refractivity contribution < 1.29 is 9.47 Å². The summed E-state index contributed by atoms with van der Waals surface area (Å²) in [6.07, 6.45) is 1.58. The van der Waals surface area contributed by atoms with Crippen LogP contribution in [0.25, 0.3) is 22.4 Å². The molecule has 0 amide bonds. The van der Waals surface area contributed by atoms with Gasteiger partial charge in [-0.2, -0.15) is 5.26 Å². The normalized spacial score (nSPS) is 10.8. The van der Waals surface area contributed by atoms with Gasteiger partial charge in [0.2, 0.25) is 0 Å². The number of rotatable bonds is 3. The third kappa shape index (κ3) is 2.49. The molecule has 0 aliphatic carbocycles. The van der Waals surface area contributed by atoms with Crippen LogP contribution in [0.2, 0.25) is 0 Å². The van der Waals surface area contributed by atoms with E-state index in [9.17, 15) is 14.9 Å². The molecule has 0 aliphatic rings. The minimum Gasteiger partial charge on any atom is -0.497 e. The van der Waals surface area contributed by atoms with Gasteiger partial charge in [-0.3, -0.25) is 18.6 Å². The maximum atomic E-state index is 13.0. The summed E-state index contributed by atoms with van der Waals surface area (Å²) in [7, 11) is 2.97. The molecule has 3 heterocycles. The average molecular weight is 374 g/mol. The molecule has 4 rings (SSSR count). The van der Waals surface area contributed by atoms with Crippen molar-refractivity contribution >= 4 is 16.7 Å². The predicted molar refractivity (Wildman–Crippen MR) is 102 cm³/mol. The SMILES string of the molecule is COc1ccc(-n2c(=O)c(C#N)cc3c(=O)n4ccccc4nc32)c(OC)c1. The number of fused-ring (bicyclic) bond motifs is 2. The molecule has 3 aromatic heterocycles. The van der Waals surface area contributed by atoms with E-state index in [1.807, 2.05) is 6.07 Å². The first-order valence-electron chi connectivity index (χ1n) is 8.28. The number of methoxy groups -OCH3 is 2. The molecule has 0 spiro atoms. The first kappa shape index (κ1) is 17.3. The number of hydrogen-bond acceptors (Lipinski definition) is 6. The van der Waals surface area contributed by atoms with E-state index >= 15 is 0 Å². The summed E-state index contributed by atoms with van der Waals surface area (Å²) in [5, 5.41) is 9.57. The van der Waals surface area contributed by atoms with Gasteiger partial charge >= 0.3 is 0 Å². The van der Waals surface area contributed by atoms with Crippen LogP contribution >= 0.6 is 0 Å². The van der Waals surface area contributed by atoms with Gasteiger partial charge in [0.05, 0.1) is 25.3 Å². The molecule has 8 nitrogen and oxygen atoms in total. The van der Waals surface area contributed by atoms with Crippen LogP contribution in [-0.2, 0) is 0 Å². The van der Waals surface area contributed by atoms with E-state index in [-0.39, 0.29) is 22.2 Å². The van der Waals surface area contributed by atoms with Gasteiger partial charge in [-0.15, -0.1) is 0 Å². The van der Waals surface area contributed by atoms with E-state index in [2.05, 4.69) is 4.98 Å². The second-order valence-electron chi connectivity index (χ2n) is 5.93. The number of hydrogen-bond donors (Lipinski definition) is 0. The van der Waals surface area contributed by atoms with Crippen LogP contribution in [0.1, 0.15) is 5.56 Å². The topological polar surface area (TPSA) is 98.6 Å². The number of pyridine rings is 2. The highest BCUT2D eigenvalue weighted by molar-refractivity contribution is 5.80. The Morgan fingerprint density at radius 2 is 1.86 bits per heavy atom. The van der Waals surface area contributed by atoms with Crippen LogP contribution in [0.3, 0.4) is 0 Å². The van der Waals surface area contributed by atoms with Gasteiger partial charge in [-0.1, -0.05) is 6.07 Å². The Kier molecular flexibility index (Phi) is 4.05. The zero-order chi connectivity index (χ0) is 19.8. The Bertz CT molecular complexity index is 1400. The number of aromatic nitrogens is 3. The number of benzene rings is 1. The molecule has 0 radical (unpaired) electrons. The van der Waals surface area contributed by atoms with Crippen molar-refractivity contribution in [3.05, 3.63) is 74.9 Å². The predicted octanol–water partition coefficient (Wildman–Crippen LogP) is 1.89. The third-order valence-electron chi connectivity index (χ3n) is 4.43. The van der Waals surface area contributed by atoms with Gasteiger partial charge < -0.3 is 9.47 Å². The third-order valence-corrected chi connectivity index (χ3v) is 4.43. The van der Waals surface area contributed by atoms with Gasteiger partial charge in [-0.25, -0.2) is 4.98 Å². The van der Waals surface area contributed by atoms with Gasteiger partial charge in [0.25, 0.3) is 11.1 Å². The van der Waals surface area contributed by atoms with E-state index in [1.54, 1.807) is 42.6 Å². The summed E-state index contributed by atoms with van der Waals surface area (Å²) in [5.74, 6) is 0.876. The minimum absolute atomic E-state index is 0.142. The smallest absolute Gasteiger partial charge is 0.274 e. The molecule has 4 aromatic rings. The molecule has 1 aromatic carbocycles. The molecule has 0 bridgehead atoms. The van der Waals surface area contributed by atoms with Crippen LogP contribution in [-0.4, -0.2) is 28.2 Å². The quantitative estimate of drug-likeness (QED) is 0.508. The average Bonchev–Trinajstić information content (AvgIpc) is 2.73. The molecule has 8 heteroatoms. The molecule has 0 fully saturated rings. The first-order chi connectivity index (χ1) is 13.6. The molecule has 0 N–H and O–H groups in total. The van der Waals surface area contributed by atoms with Crippen molar-refractivity contribution in [3.8, 4) is 23.3 Å². The summed E-state index contributed by atoms with van der Waals surface area (Å²) < 4.78 is 13.2. The molecule has 0 unspecified atom stereocenters. The van der Waals surface area contributed by atoms with Gasteiger partial charge in [0.15, 0.2) is 5.65 Å². The van der Waals surface area contributed by atoms with Gasteiger partial charge in [0.1, 0.15) is 28.8 Å². The van der Waals surface area contributed by atoms with Gasteiger partial charge in [-0.05, 0) is 30.3 Å². The second-order valence-corrected chi connectivity index (χ2v) is 5.93. The van der Waals surface area contributed by atoms with Crippen LogP contribution in [0, 0.1) is 11.3 Å². The molecule has 28 heavy (non-hydrogen) atoms. The highest BCUT2D eigenvalue weighted by Crippen LogP contribution is 2.28. The summed E-state index contributed by atoms with van der Waals surface area (Å²) in [6, 6.07) is 13.1. The lowest BCUT2D eigenvalue weighted by Gasteiger charge is -2.15. The molecule has 0 saturated carbocycles. The van der Waals surface area contributed by atoms with Crippen LogP contribution in [0.15, 0.2) is 58.3 Å². The second kappa shape index (κ2) is 6.55. The highest BCUT2D eigenvalue weighted by Gasteiger charge is 2.18. The minimum atomic E-state index is -0.592. The molecule has 0 saturated heterocycles. The molecular weight excluding hydrogens is 360 g/mol. The van der Waals surface area contributed by atoms with Crippen molar-refractivity contribution in [3.63, 3.8) is 0 Å². The van der Waals surface area contributed by atoms with Crippen LogP contribution < -0.4 is 20.6 Å². The van der Waals surface area contributed by atoms with Gasteiger partial charge in [0, 0.05) is 12.3 Å². The molecular formula is C20H14N4O4. The molecule has 0 atom stereocenters. The zero-order valence-corrected chi connectivity index (χ0v) is 15.0. The van der Waals surface area contributed by atoms with Crippen molar-refractivity contribution in [2.45, 2.75) is 0 Å². The molecule has 0 aliphatic heterocycles. The Morgan fingerprint density at radius 3 is 2.57 bits per heavy atom. The van der Waals surface area contributed by atoms with E-state index in [1.165, 1.54) is 29.3 Å². The summed E-state index contributed by atoms with van der Waals surface area (Å²) in [5.41, 5.74) is -0.263. The standard InChI is InChI=1S/C20H14N4O4/c1-27-13-6-7-15(16(10-13)28-2)24-18-14(9-12(11-21)19(24)25)20(26)23-8-4-3-5-17(23)22-18/h3-10H,1-2H3. The maximum Gasteiger partial charge on any atom is 0.274 e. The number of nitrogens with zero attached hydrogens (tertiary/aromatic N) is 4. The monoisotopic (exact) mass is 374 g/mol. The van der Waals surface area contributed by atoms with Crippen LogP contribution in [0.5, 0.6) is 11.5 Å².